The maximum atomic E-state index is 10.1. The highest BCUT2D eigenvalue weighted by molar-refractivity contribution is 6.32. The minimum atomic E-state index is -0.0461. The van der Waals surface area contributed by atoms with E-state index in [4.69, 9.17) is 22.1 Å². The molecular weight excluding hydrogens is 378 g/mol. The number of methoxy groups -OCH3 is 1. The molecule has 7 nitrogen and oxygen atoms in total. The van der Waals surface area contributed by atoms with E-state index < -0.39 is 0 Å². The number of aromatic nitrogens is 1. The van der Waals surface area contributed by atoms with Crippen LogP contribution in [0.5, 0.6) is 11.5 Å². The number of nitrogens with one attached hydrogen (secondary N) is 2. The SMILES string of the molecule is COc1cc(C2CC=C3c4c(c[nH]c42)C=CC2=CN=C(N)NN23)cc(Cl)c1O. The molecule has 5 rings (SSSR count). The Morgan fingerprint density at radius 1 is 1.36 bits per heavy atom. The normalized spacial score (nSPS) is 19.6. The fourth-order valence-electron chi connectivity index (χ4n) is 3.95. The average molecular weight is 396 g/mol. The Labute approximate surface area is 166 Å². The molecule has 0 saturated carbocycles. The van der Waals surface area contributed by atoms with Crippen molar-refractivity contribution in [1.29, 1.82) is 0 Å². The van der Waals surface area contributed by atoms with Crippen LogP contribution in [-0.2, 0) is 0 Å². The van der Waals surface area contributed by atoms with Gasteiger partial charge in [-0.3, -0.25) is 10.4 Å². The smallest absolute Gasteiger partial charge is 0.212 e. The lowest BCUT2D eigenvalue weighted by Gasteiger charge is -2.33. The number of aromatic amines is 1. The molecule has 2 aliphatic heterocycles. The number of hydrogen-bond acceptors (Lipinski definition) is 6. The summed E-state index contributed by atoms with van der Waals surface area (Å²) in [6, 6.07) is 3.62. The Morgan fingerprint density at radius 2 is 2.21 bits per heavy atom. The summed E-state index contributed by atoms with van der Waals surface area (Å²) >= 11 is 6.23. The fourth-order valence-corrected chi connectivity index (χ4v) is 4.17. The molecule has 2 aromatic rings. The van der Waals surface area contributed by atoms with Gasteiger partial charge in [0.05, 0.1) is 29.7 Å². The third-order valence-electron chi connectivity index (χ3n) is 5.26. The van der Waals surface area contributed by atoms with E-state index in [9.17, 15) is 5.11 Å². The Hall–Kier alpha value is -3.32. The third kappa shape index (κ3) is 2.40. The van der Waals surface area contributed by atoms with Gasteiger partial charge in [0.2, 0.25) is 5.96 Å². The predicted octanol–water partition coefficient (Wildman–Crippen LogP) is 3.26. The van der Waals surface area contributed by atoms with Gasteiger partial charge in [-0.1, -0.05) is 23.8 Å². The first-order chi connectivity index (χ1) is 13.6. The number of guanidine groups is 1. The van der Waals surface area contributed by atoms with Crippen molar-refractivity contribution >= 4 is 29.3 Å². The monoisotopic (exact) mass is 395 g/mol. The second-order valence-electron chi connectivity index (χ2n) is 6.81. The molecule has 0 spiro atoms. The number of hydrazine groups is 1. The van der Waals surface area contributed by atoms with Crippen molar-refractivity contribution in [1.82, 2.24) is 15.4 Å². The van der Waals surface area contributed by atoms with Crippen LogP contribution in [0.25, 0.3) is 11.8 Å². The number of aliphatic imine (C=N–C) groups is 1. The van der Waals surface area contributed by atoms with Crippen molar-refractivity contribution in [3.05, 3.63) is 69.8 Å². The number of nitrogens with two attached hydrogens (primary N) is 1. The van der Waals surface area contributed by atoms with Crippen molar-refractivity contribution < 1.29 is 9.84 Å². The predicted molar refractivity (Wildman–Crippen MR) is 109 cm³/mol. The zero-order valence-electron chi connectivity index (χ0n) is 15.0. The van der Waals surface area contributed by atoms with Gasteiger partial charge in [-0.05, 0) is 30.2 Å². The molecule has 1 unspecified atom stereocenters. The van der Waals surface area contributed by atoms with Crippen LogP contribution < -0.4 is 15.9 Å². The standard InChI is InChI=1S/C20H18ClN5O2/c1-28-16-7-11(6-14(21)19(16)27)13-4-5-15-17-10(8-23-18(13)17)2-3-12-9-24-20(22)25-26(12)15/h2-3,5-9,13,23,27H,4H2,1H3,(H3,22,24,25). The van der Waals surface area contributed by atoms with Gasteiger partial charge >= 0.3 is 0 Å². The Kier molecular flexibility index (Phi) is 3.67. The molecule has 1 aromatic carbocycles. The summed E-state index contributed by atoms with van der Waals surface area (Å²) in [5, 5.41) is 12.3. The molecule has 1 aliphatic carbocycles. The maximum absolute atomic E-state index is 10.1. The van der Waals surface area contributed by atoms with Crippen molar-refractivity contribution in [3.63, 3.8) is 0 Å². The highest BCUT2D eigenvalue weighted by Gasteiger charge is 2.33. The number of fused-ring (bicyclic) bond motifs is 2. The quantitative estimate of drug-likeness (QED) is 0.625. The van der Waals surface area contributed by atoms with E-state index >= 15 is 0 Å². The number of hydrogen-bond donors (Lipinski definition) is 4. The van der Waals surface area contributed by atoms with Gasteiger partial charge in [0, 0.05) is 28.9 Å². The molecule has 28 heavy (non-hydrogen) atoms. The highest BCUT2D eigenvalue weighted by Crippen LogP contribution is 2.46. The molecule has 0 bridgehead atoms. The van der Waals surface area contributed by atoms with Gasteiger partial charge in [-0.15, -0.1) is 0 Å². The topological polar surface area (TPSA) is 98.9 Å². The first kappa shape index (κ1) is 16.8. The van der Waals surface area contributed by atoms with Crippen LogP contribution in [0.1, 0.15) is 34.7 Å². The molecule has 3 heterocycles. The number of phenolic OH excluding ortho intramolecular Hbond substituents is 1. The number of rotatable bonds is 2. The van der Waals surface area contributed by atoms with Crippen LogP contribution in [0.2, 0.25) is 5.02 Å². The lowest BCUT2D eigenvalue weighted by Crippen LogP contribution is -2.46. The van der Waals surface area contributed by atoms with Crippen molar-refractivity contribution in [2.24, 2.45) is 10.7 Å². The summed E-state index contributed by atoms with van der Waals surface area (Å²) in [6.45, 7) is 0. The minimum Gasteiger partial charge on any atom is -0.503 e. The summed E-state index contributed by atoms with van der Waals surface area (Å²) < 4.78 is 5.28. The maximum Gasteiger partial charge on any atom is 0.212 e. The van der Waals surface area contributed by atoms with E-state index in [0.717, 1.165) is 40.2 Å². The van der Waals surface area contributed by atoms with E-state index in [-0.39, 0.29) is 16.7 Å². The molecule has 1 atom stereocenters. The van der Waals surface area contributed by atoms with E-state index in [1.165, 1.54) is 7.11 Å². The molecule has 8 heteroatoms. The molecule has 0 saturated heterocycles. The molecule has 0 radical (unpaired) electrons. The first-order valence-electron chi connectivity index (χ1n) is 8.83. The summed E-state index contributed by atoms with van der Waals surface area (Å²) in [6.07, 6.45) is 10.7. The number of allylic oxidation sites excluding steroid dienone is 2. The second kappa shape index (κ2) is 6.10. The van der Waals surface area contributed by atoms with Gasteiger partial charge < -0.3 is 20.6 Å². The molecule has 142 valence electrons. The van der Waals surface area contributed by atoms with Crippen LogP contribution in [0, 0.1) is 0 Å². The van der Waals surface area contributed by atoms with Crippen molar-refractivity contribution in [3.8, 4) is 11.5 Å². The van der Waals surface area contributed by atoms with E-state index in [0.29, 0.717) is 11.7 Å². The van der Waals surface area contributed by atoms with Crippen LogP contribution in [0.3, 0.4) is 0 Å². The lowest BCUT2D eigenvalue weighted by atomic mass is 9.84. The number of aromatic hydroxyl groups is 1. The first-order valence-corrected chi connectivity index (χ1v) is 9.21. The van der Waals surface area contributed by atoms with Crippen LogP contribution in [-0.4, -0.2) is 28.2 Å². The highest BCUT2D eigenvalue weighted by atomic mass is 35.5. The summed E-state index contributed by atoms with van der Waals surface area (Å²) in [5.41, 5.74) is 15.2. The number of phenols is 1. The number of halogens is 1. The van der Waals surface area contributed by atoms with E-state index in [1.807, 2.05) is 23.3 Å². The Morgan fingerprint density at radius 3 is 3.04 bits per heavy atom. The summed E-state index contributed by atoms with van der Waals surface area (Å²) in [4.78, 5) is 7.58. The lowest BCUT2D eigenvalue weighted by molar-refractivity contribution is 0.373. The van der Waals surface area contributed by atoms with Crippen LogP contribution >= 0.6 is 11.6 Å². The van der Waals surface area contributed by atoms with Gasteiger partial charge in [0.25, 0.3) is 0 Å². The van der Waals surface area contributed by atoms with Gasteiger partial charge in [0.15, 0.2) is 11.5 Å². The third-order valence-corrected chi connectivity index (χ3v) is 5.55. The van der Waals surface area contributed by atoms with Gasteiger partial charge in [0.1, 0.15) is 0 Å². The van der Waals surface area contributed by atoms with Gasteiger partial charge in [-0.25, -0.2) is 4.99 Å². The molecule has 0 amide bonds. The molecule has 0 fully saturated rings. The number of benzene rings is 1. The van der Waals surface area contributed by atoms with Crippen molar-refractivity contribution in [2.45, 2.75) is 12.3 Å². The Balaban J connectivity index is 1.63. The van der Waals surface area contributed by atoms with E-state index in [2.05, 4.69) is 27.6 Å². The van der Waals surface area contributed by atoms with Crippen LogP contribution in [0.15, 0.2) is 47.4 Å². The fraction of sp³-hybridized carbons (Fsp3) is 0.150. The summed E-state index contributed by atoms with van der Waals surface area (Å²) in [7, 11) is 1.52. The van der Waals surface area contributed by atoms with E-state index in [1.54, 1.807) is 12.3 Å². The average Bonchev–Trinajstić information content (AvgIpc) is 3.05. The molecule has 5 N–H and O–H groups in total. The largest absolute Gasteiger partial charge is 0.503 e. The number of ether oxygens (including phenoxy) is 1. The second-order valence-corrected chi connectivity index (χ2v) is 7.22. The number of nitrogens with zero attached hydrogens (tertiary/aromatic N) is 2. The van der Waals surface area contributed by atoms with Gasteiger partial charge in [-0.2, -0.15) is 0 Å². The molecule has 3 aliphatic rings. The number of H-pyrrole nitrogens is 1. The van der Waals surface area contributed by atoms with Crippen LogP contribution in [0.4, 0.5) is 0 Å². The van der Waals surface area contributed by atoms with Crippen molar-refractivity contribution in [2.75, 3.05) is 7.11 Å². The minimum absolute atomic E-state index is 0.0461. The zero-order chi connectivity index (χ0) is 19.4. The molecular formula is C20H18ClN5O2. The Bertz CT molecular complexity index is 1110. The zero-order valence-corrected chi connectivity index (χ0v) is 15.8. The molecule has 1 aromatic heterocycles. The summed E-state index contributed by atoms with van der Waals surface area (Å²) in [5.74, 6) is 0.710.